The van der Waals surface area contributed by atoms with E-state index in [0.29, 0.717) is 10.9 Å². The molecular weight excluding hydrogens is 286 g/mol. The minimum Gasteiger partial charge on any atom is -0.349 e. The van der Waals surface area contributed by atoms with Crippen LogP contribution in [0, 0.1) is 11.8 Å². The summed E-state index contributed by atoms with van der Waals surface area (Å²) >= 11 is 6.02. The number of amides is 1. The number of benzene rings is 1. The monoisotopic (exact) mass is 307 g/mol. The van der Waals surface area contributed by atoms with Crippen molar-refractivity contribution in [2.45, 2.75) is 38.3 Å². The number of hydrogen-bond donors (Lipinski definition) is 3. The van der Waals surface area contributed by atoms with Gasteiger partial charge in [-0.05, 0) is 43.4 Å². The van der Waals surface area contributed by atoms with Crippen molar-refractivity contribution in [3.8, 4) is 0 Å². The zero-order chi connectivity index (χ0) is 14.8. The smallest absolute Gasteiger partial charge is 0.225 e. The van der Waals surface area contributed by atoms with Crippen molar-refractivity contribution in [2.24, 2.45) is 11.8 Å². The molecule has 2 aliphatic rings. The molecule has 3 rings (SSSR count). The van der Waals surface area contributed by atoms with Crippen LogP contribution in [0.5, 0.6) is 0 Å². The highest BCUT2D eigenvalue weighted by atomic mass is 35.5. The Hall–Kier alpha value is -1.10. The molecule has 1 aliphatic heterocycles. The highest BCUT2D eigenvalue weighted by Crippen LogP contribution is 2.31. The van der Waals surface area contributed by atoms with Crippen LogP contribution in [0.2, 0.25) is 5.02 Å². The van der Waals surface area contributed by atoms with Gasteiger partial charge in [0.2, 0.25) is 5.91 Å². The molecule has 3 N–H and O–H groups in total. The Morgan fingerprint density at radius 3 is 3.10 bits per heavy atom. The molecule has 1 saturated carbocycles. The molecule has 21 heavy (non-hydrogen) atoms. The summed E-state index contributed by atoms with van der Waals surface area (Å²) in [6, 6.07) is 7.91. The fourth-order valence-corrected chi connectivity index (χ4v) is 3.72. The van der Waals surface area contributed by atoms with Gasteiger partial charge in [0.05, 0.1) is 12.0 Å². The van der Waals surface area contributed by atoms with Crippen LogP contribution in [0.3, 0.4) is 0 Å². The lowest BCUT2D eigenvalue weighted by atomic mass is 9.77. The molecule has 2 fully saturated rings. The number of halogens is 1. The number of hydrazine groups is 1. The van der Waals surface area contributed by atoms with Crippen molar-refractivity contribution in [2.75, 3.05) is 6.54 Å². The Labute approximate surface area is 130 Å². The number of carbonyl (C=O) groups excluding carboxylic acids is 1. The van der Waals surface area contributed by atoms with E-state index in [-0.39, 0.29) is 23.9 Å². The second-order valence-electron chi connectivity index (χ2n) is 6.13. The van der Waals surface area contributed by atoms with E-state index in [2.05, 4.69) is 16.2 Å². The number of carbonyl (C=O) groups is 1. The van der Waals surface area contributed by atoms with Crippen molar-refractivity contribution in [3.63, 3.8) is 0 Å². The number of fused-ring (bicyclic) bond motifs is 1. The molecule has 4 unspecified atom stereocenters. The summed E-state index contributed by atoms with van der Waals surface area (Å²) in [6.45, 7) is 2.97. The van der Waals surface area contributed by atoms with Crippen LogP contribution in [0.1, 0.15) is 37.8 Å². The maximum absolute atomic E-state index is 12.6. The van der Waals surface area contributed by atoms with E-state index < -0.39 is 0 Å². The molecule has 1 aromatic carbocycles. The lowest BCUT2D eigenvalue weighted by molar-refractivity contribution is -0.127. The highest BCUT2D eigenvalue weighted by Gasteiger charge is 2.40. The molecule has 0 aromatic heterocycles. The Balaban J connectivity index is 1.65. The van der Waals surface area contributed by atoms with Gasteiger partial charge in [-0.15, -0.1) is 0 Å². The third kappa shape index (κ3) is 3.23. The molecule has 114 valence electrons. The molecule has 5 heteroatoms. The first-order valence-corrected chi connectivity index (χ1v) is 8.07. The van der Waals surface area contributed by atoms with Gasteiger partial charge in [0.25, 0.3) is 0 Å². The first kappa shape index (κ1) is 14.8. The van der Waals surface area contributed by atoms with E-state index in [0.717, 1.165) is 24.9 Å². The van der Waals surface area contributed by atoms with Crippen molar-refractivity contribution < 1.29 is 4.79 Å². The van der Waals surface area contributed by atoms with E-state index in [4.69, 9.17) is 11.6 Å². The molecule has 4 nitrogen and oxygen atoms in total. The van der Waals surface area contributed by atoms with E-state index in [1.807, 2.05) is 31.2 Å². The maximum atomic E-state index is 12.6. The van der Waals surface area contributed by atoms with Gasteiger partial charge >= 0.3 is 0 Å². The highest BCUT2D eigenvalue weighted by molar-refractivity contribution is 6.30. The summed E-state index contributed by atoms with van der Waals surface area (Å²) in [7, 11) is 0. The molecule has 1 aromatic rings. The first-order valence-electron chi connectivity index (χ1n) is 7.69. The molecular formula is C16H22ClN3O. The fraction of sp³-hybridized carbons (Fsp3) is 0.562. The lowest BCUT2D eigenvalue weighted by Crippen LogP contribution is -2.48. The topological polar surface area (TPSA) is 53.2 Å². The maximum Gasteiger partial charge on any atom is 0.225 e. The number of nitrogens with one attached hydrogen (secondary N) is 3. The van der Waals surface area contributed by atoms with Crippen LogP contribution in [-0.4, -0.2) is 18.5 Å². The Kier molecular flexibility index (Phi) is 4.48. The van der Waals surface area contributed by atoms with Crippen LogP contribution in [0.25, 0.3) is 0 Å². The average Bonchev–Trinajstić information content (AvgIpc) is 2.95. The molecule has 0 radical (unpaired) electrons. The first-order chi connectivity index (χ1) is 10.1. The standard InChI is InChI=1S/C16H22ClN3O/c1-10(11-4-2-6-13(17)8-11)19-16(21)14-7-3-5-12-9-18-20-15(12)14/h2,4,6,8,10,12,14-15,18,20H,3,5,7,9H2,1H3,(H,19,21). The van der Waals surface area contributed by atoms with E-state index >= 15 is 0 Å². The van der Waals surface area contributed by atoms with Crippen LogP contribution in [-0.2, 0) is 4.79 Å². The Bertz CT molecular complexity index is 522. The van der Waals surface area contributed by atoms with Crippen LogP contribution in [0.4, 0.5) is 0 Å². The summed E-state index contributed by atoms with van der Waals surface area (Å²) in [6.07, 6.45) is 3.30. The van der Waals surface area contributed by atoms with Gasteiger partial charge in [-0.2, -0.15) is 0 Å². The Morgan fingerprint density at radius 2 is 2.29 bits per heavy atom. The van der Waals surface area contributed by atoms with Crippen molar-refractivity contribution in [3.05, 3.63) is 34.9 Å². The molecule has 1 amide bonds. The largest absolute Gasteiger partial charge is 0.349 e. The van der Waals surface area contributed by atoms with E-state index in [1.165, 1.54) is 6.42 Å². The zero-order valence-electron chi connectivity index (χ0n) is 12.2. The van der Waals surface area contributed by atoms with Crippen LogP contribution >= 0.6 is 11.6 Å². The van der Waals surface area contributed by atoms with Crippen molar-refractivity contribution >= 4 is 17.5 Å². The van der Waals surface area contributed by atoms with Gasteiger partial charge in [0.1, 0.15) is 0 Å². The molecule has 4 atom stereocenters. The zero-order valence-corrected chi connectivity index (χ0v) is 13.0. The number of hydrogen-bond acceptors (Lipinski definition) is 3. The van der Waals surface area contributed by atoms with Gasteiger partial charge in [-0.3, -0.25) is 15.6 Å². The van der Waals surface area contributed by atoms with Crippen molar-refractivity contribution in [1.82, 2.24) is 16.2 Å². The quantitative estimate of drug-likeness (QED) is 0.804. The van der Waals surface area contributed by atoms with Crippen molar-refractivity contribution in [1.29, 1.82) is 0 Å². The van der Waals surface area contributed by atoms with Crippen LogP contribution in [0.15, 0.2) is 24.3 Å². The average molecular weight is 308 g/mol. The summed E-state index contributed by atoms with van der Waals surface area (Å²) in [5, 5.41) is 3.84. The summed E-state index contributed by atoms with van der Waals surface area (Å²) in [5.41, 5.74) is 7.52. The SMILES string of the molecule is CC(NC(=O)C1CCCC2CNNC21)c1cccc(Cl)c1. The predicted octanol–water partition coefficient (Wildman–Crippen LogP) is 2.41. The van der Waals surface area contributed by atoms with Gasteiger partial charge in [0, 0.05) is 17.6 Å². The predicted molar refractivity (Wildman–Crippen MR) is 83.8 cm³/mol. The van der Waals surface area contributed by atoms with E-state index in [1.54, 1.807) is 0 Å². The third-order valence-corrected chi connectivity index (χ3v) is 4.94. The molecule has 0 spiro atoms. The number of rotatable bonds is 3. The van der Waals surface area contributed by atoms with Gasteiger partial charge in [0.15, 0.2) is 0 Å². The minimum atomic E-state index is -0.0223. The summed E-state index contributed by atoms with van der Waals surface area (Å²) in [4.78, 5) is 12.6. The van der Waals surface area contributed by atoms with E-state index in [9.17, 15) is 4.79 Å². The van der Waals surface area contributed by atoms with Gasteiger partial charge in [-0.25, -0.2) is 0 Å². The summed E-state index contributed by atoms with van der Waals surface area (Å²) in [5.74, 6) is 0.782. The fourth-order valence-electron chi connectivity index (χ4n) is 3.52. The second kappa shape index (κ2) is 6.34. The Morgan fingerprint density at radius 1 is 1.43 bits per heavy atom. The van der Waals surface area contributed by atoms with Gasteiger partial charge < -0.3 is 5.32 Å². The second-order valence-corrected chi connectivity index (χ2v) is 6.57. The molecule has 0 bridgehead atoms. The minimum absolute atomic E-state index is 0.0223. The molecule has 1 aliphatic carbocycles. The summed E-state index contributed by atoms with van der Waals surface area (Å²) < 4.78 is 0. The molecule has 1 heterocycles. The van der Waals surface area contributed by atoms with Gasteiger partial charge in [-0.1, -0.05) is 30.2 Å². The van der Waals surface area contributed by atoms with Crippen LogP contribution < -0.4 is 16.2 Å². The lowest BCUT2D eigenvalue weighted by Gasteiger charge is -2.32. The normalized spacial score (nSPS) is 29.7. The third-order valence-electron chi connectivity index (χ3n) is 4.71. The molecule has 1 saturated heterocycles.